The summed E-state index contributed by atoms with van der Waals surface area (Å²) >= 11 is 0. The fourth-order valence-corrected chi connectivity index (χ4v) is 12.8. The number of nitrogens with zero attached hydrogens (tertiary/aromatic N) is 3. The van der Waals surface area contributed by atoms with Crippen molar-refractivity contribution in [2.45, 2.75) is 87.6 Å². The number of methoxy groups -OCH3 is 3. The fourth-order valence-electron chi connectivity index (χ4n) is 12.8. The van der Waals surface area contributed by atoms with E-state index in [9.17, 15) is 14.7 Å². The van der Waals surface area contributed by atoms with E-state index in [0.29, 0.717) is 50.2 Å². The summed E-state index contributed by atoms with van der Waals surface area (Å²) < 4.78 is 23.9. The van der Waals surface area contributed by atoms with Gasteiger partial charge in [0.15, 0.2) is 6.10 Å². The molecule has 1 aliphatic carbocycles. The number of benzene rings is 2. The molecule has 0 amide bonds. The maximum Gasteiger partial charge on any atom is 0.344 e. The molecule has 12 heteroatoms. The van der Waals surface area contributed by atoms with Crippen LogP contribution in [0.5, 0.6) is 5.75 Å². The van der Waals surface area contributed by atoms with Crippen molar-refractivity contribution < 1.29 is 38.4 Å². The number of carbonyl (C=O) groups excluding carboxylic acids is 3. The van der Waals surface area contributed by atoms with E-state index < -0.39 is 45.9 Å². The van der Waals surface area contributed by atoms with Gasteiger partial charge in [0.1, 0.15) is 11.2 Å². The number of rotatable bonds is 7. The maximum atomic E-state index is 15.2. The normalized spacial score (nSPS) is 34.9. The van der Waals surface area contributed by atoms with Crippen LogP contribution in [0.15, 0.2) is 60.2 Å². The number of para-hydroxylation sites is 1. The van der Waals surface area contributed by atoms with Crippen LogP contribution in [-0.2, 0) is 46.0 Å². The van der Waals surface area contributed by atoms with E-state index in [1.54, 1.807) is 7.11 Å². The molecule has 5 aliphatic heterocycles. The Balaban J connectivity index is 1.37. The van der Waals surface area contributed by atoms with Crippen molar-refractivity contribution in [3.8, 4) is 5.75 Å². The van der Waals surface area contributed by atoms with Crippen LogP contribution in [0.25, 0.3) is 10.9 Å². The predicted octanol–water partition coefficient (Wildman–Crippen LogP) is 4.75. The molecule has 2 aromatic carbocycles. The topological polar surface area (TPSA) is 134 Å². The summed E-state index contributed by atoms with van der Waals surface area (Å²) in [6, 6.07) is 11.2. The highest BCUT2D eigenvalue weighted by Crippen LogP contribution is 2.68. The van der Waals surface area contributed by atoms with E-state index in [-0.39, 0.29) is 17.9 Å². The quantitative estimate of drug-likeness (QED) is 0.196. The molecule has 6 aliphatic rings. The fraction of sp³-hybridized carbons (Fsp3) is 0.533. The Hall–Kier alpha value is -4.65. The molecule has 1 unspecified atom stereocenters. The molecule has 1 spiro atoms. The van der Waals surface area contributed by atoms with Gasteiger partial charge in [-0.2, -0.15) is 0 Å². The first-order valence-corrected chi connectivity index (χ1v) is 20.3. The van der Waals surface area contributed by atoms with Crippen LogP contribution >= 0.6 is 0 Å². The number of nitrogens with one attached hydrogen (secondary N) is 1. The summed E-state index contributed by atoms with van der Waals surface area (Å²) in [7, 11) is 6.22. The molecule has 6 heterocycles. The molecule has 9 rings (SSSR count). The van der Waals surface area contributed by atoms with Crippen molar-refractivity contribution in [1.29, 1.82) is 0 Å². The molecule has 3 aromatic rings. The van der Waals surface area contributed by atoms with E-state index in [1.807, 2.05) is 37.1 Å². The summed E-state index contributed by atoms with van der Waals surface area (Å²) in [6.45, 7) is 9.19. The van der Waals surface area contributed by atoms with Gasteiger partial charge in [-0.15, -0.1) is 0 Å². The van der Waals surface area contributed by atoms with Crippen molar-refractivity contribution >= 4 is 34.5 Å². The molecule has 2 N–H and O–H groups in total. The Morgan fingerprint density at radius 1 is 1.00 bits per heavy atom. The first-order chi connectivity index (χ1) is 27.4. The molecule has 12 nitrogen and oxygen atoms in total. The molecule has 2 bridgehead atoms. The minimum atomic E-state index is -2.27. The van der Waals surface area contributed by atoms with Crippen LogP contribution in [-0.4, -0.2) is 116 Å². The summed E-state index contributed by atoms with van der Waals surface area (Å²) in [5.41, 5.74) is 1.05. The zero-order chi connectivity index (χ0) is 40.2. The highest BCUT2D eigenvalue weighted by atomic mass is 16.6. The molecule has 1 saturated heterocycles. The lowest BCUT2D eigenvalue weighted by Crippen LogP contribution is -2.81. The molecule has 0 radical (unpaired) electrons. The number of aromatic amines is 1. The number of hydrogen-bond acceptors (Lipinski definition) is 11. The van der Waals surface area contributed by atoms with Gasteiger partial charge >= 0.3 is 17.9 Å². The number of aliphatic hydroxyl groups is 1. The first-order valence-electron chi connectivity index (χ1n) is 20.3. The van der Waals surface area contributed by atoms with Gasteiger partial charge in [0, 0.05) is 90.9 Å². The van der Waals surface area contributed by atoms with Crippen LogP contribution in [0.2, 0.25) is 0 Å². The molecule has 57 heavy (non-hydrogen) atoms. The zero-order valence-electron chi connectivity index (χ0n) is 34.0. The lowest BCUT2D eigenvalue weighted by atomic mass is 9.47. The number of aromatic nitrogens is 1. The molecular formula is C45H54N4O8. The number of hydrogen-bond donors (Lipinski definition) is 2. The third kappa shape index (κ3) is 4.80. The Bertz CT molecular complexity index is 2250. The van der Waals surface area contributed by atoms with E-state index >= 15 is 4.79 Å². The Labute approximate surface area is 333 Å². The van der Waals surface area contributed by atoms with E-state index in [1.165, 1.54) is 26.7 Å². The Morgan fingerprint density at radius 3 is 2.47 bits per heavy atom. The number of carbonyl (C=O) groups is 3. The second-order valence-corrected chi connectivity index (χ2v) is 17.2. The van der Waals surface area contributed by atoms with Crippen molar-refractivity contribution in [2.24, 2.45) is 11.3 Å². The minimum absolute atomic E-state index is 0.0284. The van der Waals surface area contributed by atoms with E-state index in [2.05, 4.69) is 58.1 Å². The van der Waals surface area contributed by atoms with Gasteiger partial charge in [-0.3, -0.25) is 19.4 Å². The van der Waals surface area contributed by atoms with Crippen LogP contribution in [0, 0.1) is 11.3 Å². The monoisotopic (exact) mass is 778 g/mol. The van der Waals surface area contributed by atoms with Crippen molar-refractivity contribution in [2.75, 3.05) is 59.5 Å². The van der Waals surface area contributed by atoms with E-state index in [0.717, 1.165) is 52.9 Å². The average Bonchev–Trinajstić information content (AvgIpc) is 3.87. The van der Waals surface area contributed by atoms with E-state index in [4.69, 9.17) is 18.9 Å². The van der Waals surface area contributed by atoms with Crippen LogP contribution < -0.4 is 9.64 Å². The van der Waals surface area contributed by atoms with Gasteiger partial charge in [0.25, 0.3) is 0 Å². The lowest BCUT2D eigenvalue weighted by molar-refractivity contribution is -0.228. The molecule has 1 aromatic heterocycles. The number of ether oxygens (including phenoxy) is 4. The third-order valence-electron chi connectivity index (χ3n) is 14.8. The summed E-state index contributed by atoms with van der Waals surface area (Å²) in [5, 5.41) is 14.4. The highest BCUT2D eigenvalue weighted by molar-refractivity contribution is 5.95. The summed E-state index contributed by atoms with van der Waals surface area (Å²) in [4.78, 5) is 53.1. The van der Waals surface area contributed by atoms with Gasteiger partial charge in [0.05, 0.1) is 27.4 Å². The highest BCUT2D eigenvalue weighted by Gasteiger charge is 2.80. The zero-order valence-corrected chi connectivity index (χ0v) is 34.0. The molecule has 302 valence electrons. The first kappa shape index (κ1) is 37.9. The standard InChI is InChI=1S/C45H54N4O8/c1-8-27-19-28-22-44(40(51)55-6,36-30(25-48(23-27)24-28)29-13-10-11-14-33(29)46-36)32-20-31-34(21-35(32)54-5)47(4)38-43(31)16-18-49-17-12-15-42(9-2,37(43)49)39(57-26(3)50)45(38,53)41(52)56-7/h10-15,19-21,28,37-39,46,53H,8-9,16-18,22-25H2,1-7H3/t28-,37-,38+,39-,42-,43+,44-,45-/m1/s1. The van der Waals surface area contributed by atoms with Crippen molar-refractivity contribution in [3.05, 3.63) is 82.6 Å². The number of esters is 3. The molecule has 2 fully saturated rings. The number of H-pyrrole nitrogens is 1. The Morgan fingerprint density at radius 2 is 1.77 bits per heavy atom. The molecule has 1 saturated carbocycles. The minimum Gasteiger partial charge on any atom is -0.496 e. The van der Waals surface area contributed by atoms with Gasteiger partial charge in [-0.1, -0.05) is 55.8 Å². The van der Waals surface area contributed by atoms with Crippen LogP contribution in [0.3, 0.4) is 0 Å². The summed E-state index contributed by atoms with van der Waals surface area (Å²) in [6.07, 6.45) is 7.67. The lowest BCUT2D eigenvalue weighted by Gasteiger charge is -2.63. The van der Waals surface area contributed by atoms with Gasteiger partial charge in [-0.25, -0.2) is 4.79 Å². The smallest absolute Gasteiger partial charge is 0.344 e. The van der Waals surface area contributed by atoms with Gasteiger partial charge in [0.2, 0.25) is 5.60 Å². The van der Waals surface area contributed by atoms with Gasteiger partial charge < -0.3 is 33.9 Å². The SMILES string of the molecule is CCC1=C[C@H]2CN(C1)Cc1c([nH]c3ccccc13)[C@](C(=O)OC)(c1cc3c(cc1OC)N(C)[C@@H]1[C@](O)(C(=O)OC)[C@H](OC(C)=O)[C@]4(CC)C=CCN5CC[C@@]31[C@H]54)C2. The second kappa shape index (κ2) is 13.2. The molecule has 9 atom stereocenters. The summed E-state index contributed by atoms with van der Waals surface area (Å²) in [5.74, 6) is -1.31. The van der Waals surface area contributed by atoms with Crippen LogP contribution in [0.4, 0.5) is 5.69 Å². The third-order valence-corrected chi connectivity index (χ3v) is 14.8. The largest absolute Gasteiger partial charge is 0.496 e. The molecular weight excluding hydrogens is 725 g/mol. The predicted molar refractivity (Wildman–Crippen MR) is 214 cm³/mol. The van der Waals surface area contributed by atoms with Crippen LogP contribution in [0.1, 0.15) is 68.8 Å². The second-order valence-electron chi connectivity index (χ2n) is 17.2. The Kier molecular flexibility index (Phi) is 8.77. The number of anilines is 1. The number of likely N-dealkylation sites (N-methyl/N-ethyl adjacent to an activating group) is 1. The van der Waals surface area contributed by atoms with Gasteiger partial charge in [-0.05, 0) is 61.4 Å². The van der Waals surface area contributed by atoms with Crippen molar-refractivity contribution in [1.82, 2.24) is 14.8 Å². The maximum absolute atomic E-state index is 15.2. The average molecular weight is 779 g/mol. The van der Waals surface area contributed by atoms with Crippen molar-refractivity contribution in [3.63, 3.8) is 0 Å². The number of fused-ring (bicyclic) bond motifs is 6.